The Hall–Kier alpha value is -0.782. The molecule has 0 saturated carbocycles. The van der Waals surface area contributed by atoms with E-state index in [1.807, 2.05) is 0 Å². The number of hydrogen-bond acceptors (Lipinski definition) is 0. The van der Waals surface area contributed by atoms with Crippen LogP contribution in [0.2, 0.25) is 10.4 Å². The van der Waals surface area contributed by atoms with E-state index in [1.165, 1.54) is 85.4 Å². The Morgan fingerprint density at radius 1 is 0.680 bits per heavy atom. The summed E-state index contributed by atoms with van der Waals surface area (Å²) in [5.41, 5.74) is 1.54. The Labute approximate surface area is 161 Å². The van der Waals surface area contributed by atoms with Crippen molar-refractivity contribution in [3.05, 3.63) is 48.0 Å². The molecule has 0 aliphatic heterocycles. The molecule has 1 radical (unpaired) electrons. The van der Waals surface area contributed by atoms with Crippen molar-refractivity contribution in [3.63, 3.8) is 0 Å². The Morgan fingerprint density at radius 2 is 1.32 bits per heavy atom. The molecule has 1 nitrogen and oxygen atoms in total. The van der Waals surface area contributed by atoms with E-state index >= 15 is 0 Å². The third-order valence-corrected chi connectivity index (χ3v) is 7.47. The molecule has 0 atom stereocenters. The number of fused-ring (bicyclic) bond motifs is 1. The molecular formula is C23H36AsO. The van der Waals surface area contributed by atoms with Crippen LogP contribution in [0.25, 0.3) is 10.8 Å². The minimum Gasteiger partial charge on any atom is -0.412 e. The summed E-state index contributed by atoms with van der Waals surface area (Å²) in [7, 11) is 0. The van der Waals surface area contributed by atoms with Gasteiger partial charge in [-0.1, -0.05) is 0 Å². The molecule has 0 aromatic heterocycles. The fourth-order valence-corrected chi connectivity index (χ4v) is 5.57. The van der Waals surface area contributed by atoms with Gasteiger partial charge in [-0.05, 0) is 0 Å². The first-order chi connectivity index (χ1) is 11.9. The zero-order chi connectivity index (χ0) is 16.9. The molecule has 0 aliphatic rings. The van der Waals surface area contributed by atoms with Crippen molar-refractivity contribution in [3.8, 4) is 0 Å². The van der Waals surface area contributed by atoms with Gasteiger partial charge in [0.1, 0.15) is 0 Å². The quantitative estimate of drug-likeness (QED) is 0.266. The molecule has 25 heavy (non-hydrogen) atoms. The van der Waals surface area contributed by atoms with Crippen LogP contribution in [0.15, 0.2) is 42.5 Å². The summed E-state index contributed by atoms with van der Waals surface area (Å²) in [5.74, 6) is 0. The number of rotatable bonds is 13. The first kappa shape index (κ1) is 22.3. The van der Waals surface area contributed by atoms with Crippen LogP contribution in [0.3, 0.4) is 0 Å². The van der Waals surface area contributed by atoms with Crippen molar-refractivity contribution in [1.82, 2.24) is 0 Å². The van der Waals surface area contributed by atoms with E-state index in [9.17, 15) is 0 Å². The molecule has 2 aromatic rings. The second kappa shape index (κ2) is 14.4. The summed E-state index contributed by atoms with van der Waals surface area (Å²) < 4.78 is 0. The number of aryl methyl sites for hydroxylation is 1. The molecule has 2 heteroatoms. The molecule has 0 aliphatic carbocycles. The molecule has 0 bridgehead atoms. The van der Waals surface area contributed by atoms with Crippen LogP contribution in [-0.2, 0) is 6.42 Å². The van der Waals surface area contributed by atoms with Gasteiger partial charge in [-0.2, -0.15) is 0 Å². The molecule has 139 valence electrons. The topological polar surface area (TPSA) is 31.5 Å². The van der Waals surface area contributed by atoms with E-state index in [1.54, 1.807) is 5.56 Å². The van der Waals surface area contributed by atoms with E-state index in [2.05, 4.69) is 49.4 Å². The van der Waals surface area contributed by atoms with Crippen molar-refractivity contribution in [2.45, 2.75) is 81.5 Å². The molecule has 2 N–H and O–H groups in total. The van der Waals surface area contributed by atoms with Crippen LogP contribution >= 0.6 is 0 Å². The maximum Gasteiger partial charge on any atom is -0.412 e. The summed E-state index contributed by atoms with van der Waals surface area (Å²) in [5, 5.41) is 5.86. The summed E-state index contributed by atoms with van der Waals surface area (Å²) in [6.07, 6.45) is 14.3. The standard InChI is InChI=1S/C23H34As.H2O/c1-2-3-4-5-6-7-8-11-19-24-20-13-17-22-16-12-15-21-14-9-10-18-23(21)22;/h9-10,12,14-16,18H,2-8,11,13,17,19-20H2,1H3;1H2. The molecule has 2 rings (SSSR count). The zero-order valence-corrected chi connectivity index (χ0v) is 17.9. The molecule has 0 unspecified atom stereocenters. The largest absolute Gasteiger partial charge is 0.412 e. The number of hydrogen-bond donors (Lipinski definition) is 0. The van der Waals surface area contributed by atoms with Gasteiger partial charge in [0.05, 0.1) is 0 Å². The molecule has 0 saturated heterocycles. The van der Waals surface area contributed by atoms with Crippen LogP contribution in [0.5, 0.6) is 0 Å². The maximum absolute atomic E-state index is 2.32. The van der Waals surface area contributed by atoms with Gasteiger partial charge in [-0.25, -0.2) is 0 Å². The van der Waals surface area contributed by atoms with Crippen LogP contribution in [-0.4, -0.2) is 21.2 Å². The Bertz CT molecular complexity index is 562. The van der Waals surface area contributed by atoms with Crippen molar-refractivity contribution in [2.24, 2.45) is 0 Å². The molecule has 0 amide bonds. The SMILES string of the molecule is CCCCCCCCCC[As]CCCc1cccc2ccccc12.O. The summed E-state index contributed by atoms with van der Waals surface area (Å²) in [6.45, 7) is 2.30. The van der Waals surface area contributed by atoms with Gasteiger partial charge in [-0.15, -0.1) is 0 Å². The third kappa shape index (κ3) is 8.93. The van der Waals surface area contributed by atoms with Gasteiger partial charge in [-0.3, -0.25) is 0 Å². The zero-order valence-electron chi connectivity index (χ0n) is 16.0. The van der Waals surface area contributed by atoms with Crippen LogP contribution in [0.1, 0.15) is 70.3 Å². The molecule has 0 fully saturated rings. The molecule has 0 spiro atoms. The monoisotopic (exact) mass is 403 g/mol. The number of unbranched alkanes of at least 4 members (excludes halogenated alkanes) is 7. The molecule has 0 heterocycles. The average molecular weight is 403 g/mol. The minimum absolute atomic E-state index is 0. The van der Waals surface area contributed by atoms with Crippen molar-refractivity contribution >= 4 is 26.5 Å². The fraction of sp³-hybridized carbons (Fsp3) is 0.565. The Kier molecular flexibility index (Phi) is 12.8. The smallest absolute Gasteiger partial charge is 0.412 e. The summed E-state index contributed by atoms with van der Waals surface area (Å²) in [6, 6.07) is 15.6. The molecular weight excluding hydrogens is 367 g/mol. The van der Waals surface area contributed by atoms with Gasteiger partial charge >= 0.3 is 156 Å². The van der Waals surface area contributed by atoms with E-state index in [-0.39, 0.29) is 5.48 Å². The minimum atomic E-state index is 0. The maximum atomic E-state index is 2.32. The van der Waals surface area contributed by atoms with E-state index in [4.69, 9.17) is 0 Å². The van der Waals surface area contributed by atoms with Gasteiger partial charge in [0.15, 0.2) is 0 Å². The van der Waals surface area contributed by atoms with Crippen molar-refractivity contribution < 1.29 is 5.48 Å². The molecule has 2 aromatic carbocycles. The second-order valence-electron chi connectivity index (χ2n) is 6.89. The van der Waals surface area contributed by atoms with E-state index in [0.29, 0.717) is 15.8 Å². The Morgan fingerprint density at radius 3 is 2.12 bits per heavy atom. The van der Waals surface area contributed by atoms with E-state index in [0.717, 1.165) is 0 Å². The third-order valence-electron chi connectivity index (χ3n) is 4.81. The van der Waals surface area contributed by atoms with Crippen molar-refractivity contribution in [2.75, 3.05) is 0 Å². The van der Waals surface area contributed by atoms with Gasteiger partial charge in [0.25, 0.3) is 0 Å². The number of benzene rings is 2. The van der Waals surface area contributed by atoms with Crippen LogP contribution < -0.4 is 0 Å². The van der Waals surface area contributed by atoms with E-state index < -0.39 is 0 Å². The summed E-state index contributed by atoms with van der Waals surface area (Å²) in [4.78, 5) is 0. The van der Waals surface area contributed by atoms with Gasteiger partial charge < -0.3 is 5.48 Å². The van der Waals surface area contributed by atoms with Crippen LogP contribution in [0, 0.1) is 0 Å². The van der Waals surface area contributed by atoms with Crippen LogP contribution in [0.4, 0.5) is 0 Å². The second-order valence-corrected chi connectivity index (χ2v) is 9.70. The average Bonchev–Trinajstić information content (AvgIpc) is 2.63. The Balaban J connectivity index is 0.00000312. The first-order valence-electron chi connectivity index (χ1n) is 10.0. The first-order valence-corrected chi connectivity index (χ1v) is 12.7. The normalized spacial score (nSPS) is 11.2. The predicted molar refractivity (Wildman–Crippen MR) is 114 cm³/mol. The van der Waals surface area contributed by atoms with Gasteiger partial charge in [0, 0.05) is 0 Å². The summed E-state index contributed by atoms with van der Waals surface area (Å²) >= 11 is 0.593. The van der Waals surface area contributed by atoms with Gasteiger partial charge in [0.2, 0.25) is 0 Å². The van der Waals surface area contributed by atoms with Crippen molar-refractivity contribution in [1.29, 1.82) is 0 Å². The fourth-order valence-electron chi connectivity index (χ4n) is 3.36. The predicted octanol–water partition coefficient (Wildman–Crippen LogP) is 6.63.